The van der Waals surface area contributed by atoms with Crippen LogP contribution in [-0.4, -0.2) is 57.3 Å². The molecule has 5 rings (SSSR count). The average Bonchev–Trinajstić information content (AvgIpc) is 3.30. The number of ether oxygens (including phenoxy) is 1. The molecule has 0 aromatic carbocycles. The molecule has 0 aliphatic carbocycles. The van der Waals surface area contributed by atoms with Crippen molar-refractivity contribution in [1.82, 2.24) is 25.0 Å². The second-order valence-electron chi connectivity index (χ2n) is 9.74. The van der Waals surface area contributed by atoms with Gasteiger partial charge in [-0.3, -0.25) is 14.9 Å². The summed E-state index contributed by atoms with van der Waals surface area (Å²) in [6.45, 7) is 12.3. The quantitative estimate of drug-likeness (QED) is 0.640. The Hall–Kier alpha value is -2.43. The highest BCUT2D eigenvalue weighted by molar-refractivity contribution is 5.33. The Kier molecular flexibility index (Phi) is 6.82. The van der Waals surface area contributed by atoms with E-state index in [1.165, 1.54) is 18.4 Å². The third kappa shape index (κ3) is 4.26. The van der Waals surface area contributed by atoms with Crippen LogP contribution < -0.4 is 4.74 Å². The van der Waals surface area contributed by atoms with Crippen LogP contribution in [0.25, 0.3) is 0 Å². The molecule has 1 N–H and O–H groups in total. The highest BCUT2D eigenvalue weighted by Crippen LogP contribution is 2.43. The fourth-order valence-corrected chi connectivity index (χ4v) is 5.61. The number of methoxy groups -OCH3 is 1. The summed E-state index contributed by atoms with van der Waals surface area (Å²) in [6.07, 6.45) is 6.02. The Bertz CT molecular complexity index is 923. The average molecular weight is 437 g/mol. The number of H-pyrrole nitrogens is 1. The maximum absolute atomic E-state index is 9.68. The molecule has 3 fully saturated rings. The molecule has 6 atom stereocenters. The molecule has 2 aromatic heterocycles. The van der Waals surface area contributed by atoms with Crippen molar-refractivity contribution in [3.8, 4) is 11.9 Å². The van der Waals surface area contributed by atoms with Gasteiger partial charge in [-0.2, -0.15) is 10.4 Å². The number of aromatic nitrogens is 3. The number of piperidine rings is 1. The van der Waals surface area contributed by atoms with Crippen LogP contribution in [0.3, 0.4) is 0 Å². The Morgan fingerprint density at radius 1 is 1.19 bits per heavy atom. The van der Waals surface area contributed by atoms with Crippen LogP contribution in [0, 0.1) is 29.1 Å². The predicted molar refractivity (Wildman–Crippen MR) is 124 cm³/mol. The highest BCUT2D eigenvalue weighted by Gasteiger charge is 2.48. The summed E-state index contributed by atoms with van der Waals surface area (Å²) in [4.78, 5) is 9.58. The van der Waals surface area contributed by atoms with Crippen LogP contribution in [0.4, 0.5) is 0 Å². The van der Waals surface area contributed by atoms with Gasteiger partial charge in [0.2, 0.25) is 5.88 Å². The van der Waals surface area contributed by atoms with Crippen molar-refractivity contribution in [1.29, 1.82) is 5.26 Å². The summed E-state index contributed by atoms with van der Waals surface area (Å²) >= 11 is 0. The summed E-state index contributed by atoms with van der Waals surface area (Å²) in [5.74, 6) is 2.28. The van der Waals surface area contributed by atoms with E-state index in [9.17, 15) is 5.26 Å². The Balaban J connectivity index is 1.51. The van der Waals surface area contributed by atoms with Crippen LogP contribution in [0.2, 0.25) is 0 Å². The fraction of sp³-hybridized carbons (Fsp3) is 0.640. The zero-order valence-electron chi connectivity index (χ0n) is 20.0. The van der Waals surface area contributed by atoms with Gasteiger partial charge in [0.15, 0.2) is 0 Å². The third-order valence-corrected chi connectivity index (χ3v) is 8.09. The van der Waals surface area contributed by atoms with Crippen molar-refractivity contribution in [2.24, 2.45) is 17.8 Å². The normalized spacial score (nSPS) is 24.8. The SMILES string of the molecule is CC[C@H](C)[C@H](C)[C@@H](C)C(c1[nH]ncc1C#N)N1CC2CC(C1)N2Cc1ccc(OC)nc1. The molecule has 2 bridgehead atoms. The van der Waals surface area contributed by atoms with Crippen molar-refractivity contribution in [3.05, 3.63) is 41.3 Å². The second kappa shape index (κ2) is 9.60. The lowest BCUT2D eigenvalue weighted by molar-refractivity contribution is -0.0988. The Morgan fingerprint density at radius 3 is 2.53 bits per heavy atom. The van der Waals surface area contributed by atoms with Gasteiger partial charge in [0.25, 0.3) is 0 Å². The van der Waals surface area contributed by atoms with E-state index in [0.717, 1.165) is 25.3 Å². The molecule has 172 valence electrons. The van der Waals surface area contributed by atoms with Gasteiger partial charge >= 0.3 is 0 Å². The number of hydrogen-bond acceptors (Lipinski definition) is 6. The monoisotopic (exact) mass is 436 g/mol. The number of piperazine rings is 1. The van der Waals surface area contributed by atoms with Crippen molar-refractivity contribution < 1.29 is 4.74 Å². The van der Waals surface area contributed by atoms with Crippen LogP contribution in [0.15, 0.2) is 24.5 Å². The van der Waals surface area contributed by atoms with E-state index in [-0.39, 0.29) is 6.04 Å². The smallest absolute Gasteiger partial charge is 0.212 e. The minimum absolute atomic E-state index is 0.186. The van der Waals surface area contributed by atoms with E-state index in [0.29, 0.717) is 41.3 Å². The number of pyridine rings is 1. The van der Waals surface area contributed by atoms with Gasteiger partial charge in [-0.1, -0.05) is 40.2 Å². The van der Waals surface area contributed by atoms with Gasteiger partial charge in [-0.15, -0.1) is 0 Å². The zero-order chi connectivity index (χ0) is 22.8. The number of nitrogens with one attached hydrogen (secondary N) is 1. The molecule has 0 amide bonds. The molecule has 0 radical (unpaired) electrons. The van der Waals surface area contributed by atoms with E-state index < -0.39 is 0 Å². The van der Waals surface area contributed by atoms with E-state index in [1.54, 1.807) is 13.3 Å². The van der Waals surface area contributed by atoms with E-state index in [2.05, 4.69) is 64.8 Å². The van der Waals surface area contributed by atoms with E-state index >= 15 is 0 Å². The molecule has 7 nitrogen and oxygen atoms in total. The van der Waals surface area contributed by atoms with Gasteiger partial charge < -0.3 is 4.74 Å². The number of nitriles is 1. The van der Waals surface area contributed by atoms with Crippen molar-refractivity contribution in [3.63, 3.8) is 0 Å². The van der Waals surface area contributed by atoms with Gasteiger partial charge in [0.1, 0.15) is 6.07 Å². The van der Waals surface area contributed by atoms with Crippen molar-refractivity contribution in [2.75, 3.05) is 20.2 Å². The lowest BCUT2D eigenvalue weighted by atomic mass is 9.76. The molecule has 3 aliphatic heterocycles. The number of fused-ring (bicyclic) bond motifs is 2. The first-order valence-electron chi connectivity index (χ1n) is 11.9. The van der Waals surface area contributed by atoms with Gasteiger partial charge in [-0.05, 0) is 29.7 Å². The molecule has 0 spiro atoms. The molecule has 3 aliphatic rings. The van der Waals surface area contributed by atoms with Crippen LogP contribution in [0.5, 0.6) is 5.88 Å². The summed E-state index contributed by atoms with van der Waals surface area (Å²) in [6, 6.07) is 7.67. The van der Waals surface area contributed by atoms with Gasteiger partial charge in [0.05, 0.1) is 30.6 Å². The maximum atomic E-state index is 9.68. The molecule has 3 unspecified atom stereocenters. The molecular formula is C25H36N6O. The summed E-state index contributed by atoms with van der Waals surface area (Å²) in [5, 5.41) is 17.1. The Labute approximate surface area is 191 Å². The molecule has 5 heterocycles. The lowest BCUT2D eigenvalue weighted by Crippen LogP contribution is -2.68. The van der Waals surface area contributed by atoms with Crippen molar-refractivity contribution >= 4 is 0 Å². The number of nitrogens with zero attached hydrogens (tertiary/aromatic N) is 5. The van der Waals surface area contributed by atoms with Crippen LogP contribution in [-0.2, 0) is 6.54 Å². The summed E-state index contributed by atoms with van der Waals surface area (Å²) in [5.41, 5.74) is 2.89. The minimum Gasteiger partial charge on any atom is -0.481 e. The molecule has 0 saturated carbocycles. The molecular weight excluding hydrogens is 400 g/mol. The highest BCUT2D eigenvalue weighted by atomic mass is 16.5. The number of aromatic amines is 1. The molecule has 32 heavy (non-hydrogen) atoms. The third-order valence-electron chi connectivity index (χ3n) is 8.09. The van der Waals surface area contributed by atoms with Crippen molar-refractivity contribution in [2.45, 2.75) is 65.2 Å². The predicted octanol–water partition coefficient (Wildman–Crippen LogP) is 4.00. The number of rotatable bonds is 9. The zero-order valence-corrected chi connectivity index (χ0v) is 20.0. The van der Waals surface area contributed by atoms with E-state index in [4.69, 9.17) is 4.74 Å². The summed E-state index contributed by atoms with van der Waals surface area (Å²) < 4.78 is 5.19. The molecule has 2 aromatic rings. The van der Waals surface area contributed by atoms with Gasteiger partial charge in [-0.25, -0.2) is 4.98 Å². The largest absolute Gasteiger partial charge is 0.481 e. The first kappa shape index (κ1) is 22.8. The topological polar surface area (TPSA) is 81.1 Å². The van der Waals surface area contributed by atoms with Gasteiger partial charge in [0, 0.05) is 44.0 Å². The summed E-state index contributed by atoms with van der Waals surface area (Å²) in [7, 11) is 1.65. The molecule has 3 saturated heterocycles. The first-order valence-corrected chi connectivity index (χ1v) is 11.9. The first-order chi connectivity index (χ1) is 15.5. The Morgan fingerprint density at radius 2 is 1.94 bits per heavy atom. The van der Waals surface area contributed by atoms with E-state index in [1.807, 2.05) is 12.3 Å². The molecule has 7 heteroatoms. The van der Waals surface area contributed by atoms with Crippen LogP contribution >= 0.6 is 0 Å². The fourth-order valence-electron chi connectivity index (χ4n) is 5.61. The maximum Gasteiger partial charge on any atom is 0.212 e. The lowest BCUT2D eigenvalue weighted by Gasteiger charge is -2.58. The van der Waals surface area contributed by atoms with Crippen LogP contribution in [0.1, 0.15) is 63.4 Å². The second-order valence-corrected chi connectivity index (χ2v) is 9.74. The standard InChI is InChI=1S/C25H36N6O/c1-6-16(2)17(3)18(4)25(24-20(10-26)12-28-29-24)30-14-21-9-22(15-30)31(21)13-19-7-8-23(32-5)27-11-19/h7-8,11-12,16-18,21-22,25H,6,9,13-15H2,1-5H3,(H,28,29)/t16-,17-,18+,21?,22?,25?/m0/s1. The number of hydrogen-bond donors (Lipinski definition) is 1. The minimum atomic E-state index is 0.186.